The number of piperazine rings is 1. The van der Waals surface area contributed by atoms with Crippen LogP contribution in [0.5, 0.6) is 0 Å². The van der Waals surface area contributed by atoms with Crippen LogP contribution in [0.3, 0.4) is 0 Å². The molecule has 4 heteroatoms. The van der Waals surface area contributed by atoms with Gasteiger partial charge in [-0.3, -0.25) is 9.80 Å². The number of ether oxygens (including phenoxy) is 1. The van der Waals surface area contributed by atoms with Gasteiger partial charge in [-0.2, -0.15) is 0 Å². The van der Waals surface area contributed by atoms with Gasteiger partial charge >= 0.3 is 0 Å². The minimum atomic E-state index is 0.918. The predicted molar refractivity (Wildman–Crippen MR) is 61.2 cm³/mol. The van der Waals surface area contributed by atoms with Crippen LogP contribution in [0.4, 0.5) is 0 Å². The standard InChI is InChI=1S/C11H23N3O/c1-4-13(9-11-15-10-1)7-8-14-5-2-12-3-6-14/h12H,1-11H2. The van der Waals surface area contributed by atoms with Gasteiger partial charge in [0.2, 0.25) is 0 Å². The third-order valence-electron chi connectivity index (χ3n) is 3.26. The summed E-state index contributed by atoms with van der Waals surface area (Å²) in [6, 6.07) is 0. The van der Waals surface area contributed by atoms with E-state index in [9.17, 15) is 0 Å². The normalized spacial score (nSPS) is 26.4. The summed E-state index contributed by atoms with van der Waals surface area (Å²) in [6.07, 6.45) is 1.20. The third kappa shape index (κ3) is 4.07. The highest BCUT2D eigenvalue weighted by molar-refractivity contribution is 4.70. The van der Waals surface area contributed by atoms with E-state index in [1.165, 1.54) is 39.1 Å². The van der Waals surface area contributed by atoms with Crippen LogP contribution < -0.4 is 5.32 Å². The summed E-state index contributed by atoms with van der Waals surface area (Å²) in [7, 11) is 0. The van der Waals surface area contributed by atoms with Crippen molar-refractivity contribution in [2.75, 3.05) is 65.6 Å². The fourth-order valence-electron chi connectivity index (χ4n) is 2.24. The molecule has 15 heavy (non-hydrogen) atoms. The van der Waals surface area contributed by atoms with Gasteiger partial charge in [0.25, 0.3) is 0 Å². The van der Waals surface area contributed by atoms with E-state index in [2.05, 4.69) is 15.1 Å². The summed E-state index contributed by atoms with van der Waals surface area (Å²) in [6.45, 7) is 11.4. The van der Waals surface area contributed by atoms with E-state index in [0.29, 0.717) is 0 Å². The zero-order valence-electron chi connectivity index (χ0n) is 9.58. The second-order valence-electron chi connectivity index (χ2n) is 4.40. The molecule has 0 unspecified atom stereocenters. The summed E-state index contributed by atoms with van der Waals surface area (Å²) in [5, 5.41) is 3.39. The lowest BCUT2D eigenvalue weighted by atomic mass is 10.3. The van der Waals surface area contributed by atoms with E-state index in [1.807, 2.05) is 0 Å². The molecule has 2 saturated heterocycles. The van der Waals surface area contributed by atoms with E-state index in [0.717, 1.165) is 32.8 Å². The Balaban J connectivity index is 1.62. The molecular formula is C11H23N3O. The van der Waals surface area contributed by atoms with Gasteiger partial charge in [0.15, 0.2) is 0 Å². The first-order valence-corrected chi connectivity index (χ1v) is 6.18. The lowest BCUT2D eigenvalue weighted by Gasteiger charge is -2.29. The molecule has 2 rings (SSSR count). The second kappa shape index (κ2) is 6.43. The highest BCUT2D eigenvalue weighted by Gasteiger charge is 2.12. The largest absolute Gasteiger partial charge is 0.380 e. The third-order valence-corrected chi connectivity index (χ3v) is 3.26. The molecule has 2 aliphatic rings. The SMILES string of the molecule is C1COCCN(CCN2CCNCC2)C1. The highest BCUT2D eigenvalue weighted by atomic mass is 16.5. The molecule has 0 aliphatic carbocycles. The molecule has 4 nitrogen and oxygen atoms in total. The Morgan fingerprint density at radius 3 is 2.40 bits per heavy atom. The molecule has 1 N–H and O–H groups in total. The van der Waals surface area contributed by atoms with Crippen LogP contribution in [0.25, 0.3) is 0 Å². The van der Waals surface area contributed by atoms with Gasteiger partial charge in [0.05, 0.1) is 6.61 Å². The summed E-state index contributed by atoms with van der Waals surface area (Å²) in [4.78, 5) is 5.09. The molecule has 2 heterocycles. The fourth-order valence-corrected chi connectivity index (χ4v) is 2.24. The maximum atomic E-state index is 5.45. The van der Waals surface area contributed by atoms with E-state index >= 15 is 0 Å². The molecule has 0 atom stereocenters. The molecule has 0 spiro atoms. The van der Waals surface area contributed by atoms with Crippen molar-refractivity contribution in [3.05, 3.63) is 0 Å². The molecule has 0 amide bonds. The first-order chi connectivity index (χ1) is 7.45. The van der Waals surface area contributed by atoms with Gasteiger partial charge in [-0.25, -0.2) is 0 Å². The first kappa shape index (κ1) is 11.3. The Morgan fingerprint density at radius 2 is 1.60 bits per heavy atom. The molecule has 0 bridgehead atoms. The van der Waals surface area contributed by atoms with Crippen LogP contribution in [-0.4, -0.2) is 75.4 Å². The monoisotopic (exact) mass is 213 g/mol. The summed E-state index contributed by atoms with van der Waals surface area (Å²) >= 11 is 0. The number of nitrogens with one attached hydrogen (secondary N) is 1. The molecule has 0 saturated carbocycles. The predicted octanol–water partition coefficient (Wildman–Crippen LogP) is -0.386. The smallest absolute Gasteiger partial charge is 0.0593 e. The maximum Gasteiger partial charge on any atom is 0.0593 e. The molecule has 0 aromatic heterocycles. The summed E-state index contributed by atoms with van der Waals surface area (Å²) in [5.74, 6) is 0. The molecule has 2 fully saturated rings. The van der Waals surface area contributed by atoms with Gasteiger partial charge in [0.1, 0.15) is 0 Å². The Bertz CT molecular complexity index is 163. The Labute approximate surface area is 92.6 Å². The highest BCUT2D eigenvalue weighted by Crippen LogP contribution is 2.00. The Morgan fingerprint density at radius 1 is 0.867 bits per heavy atom. The van der Waals surface area contributed by atoms with Crippen LogP contribution in [0.15, 0.2) is 0 Å². The zero-order valence-corrected chi connectivity index (χ0v) is 9.58. The van der Waals surface area contributed by atoms with Crippen molar-refractivity contribution < 1.29 is 4.74 Å². The van der Waals surface area contributed by atoms with Crippen molar-refractivity contribution in [3.63, 3.8) is 0 Å². The van der Waals surface area contributed by atoms with E-state index in [-0.39, 0.29) is 0 Å². The number of hydrogen-bond acceptors (Lipinski definition) is 4. The summed E-state index contributed by atoms with van der Waals surface area (Å²) in [5.41, 5.74) is 0. The second-order valence-corrected chi connectivity index (χ2v) is 4.40. The van der Waals surface area contributed by atoms with Crippen LogP contribution in [0, 0.1) is 0 Å². The lowest BCUT2D eigenvalue weighted by molar-refractivity contribution is 0.136. The molecule has 0 radical (unpaired) electrons. The van der Waals surface area contributed by atoms with Crippen LogP contribution in [0.1, 0.15) is 6.42 Å². The lowest BCUT2D eigenvalue weighted by Crippen LogP contribution is -2.46. The molecule has 2 aliphatic heterocycles. The van der Waals surface area contributed by atoms with Crippen molar-refractivity contribution in [2.45, 2.75) is 6.42 Å². The first-order valence-electron chi connectivity index (χ1n) is 6.18. The summed E-state index contributed by atoms with van der Waals surface area (Å²) < 4.78 is 5.45. The average molecular weight is 213 g/mol. The van der Waals surface area contributed by atoms with Crippen molar-refractivity contribution in [3.8, 4) is 0 Å². The van der Waals surface area contributed by atoms with Gasteiger partial charge in [-0.05, 0) is 6.42 Å². The molecule has 0 aromatic rings. The molecule has 0 aromatic carbocycles. The fraction of sp³-hybridized carbons (Fsp3) is 1.00. The van der Waals surface area contributed by atoms with Crippen molar-refractivity contribution in [1.82, 2.24) is 15.1 Å². The van der Waals surface area contributed by atoms with E-state index < -0.39 is 0 Å². The molecule has 88 valence electrons. The van der Waals surface area contributed by atoms with Crippen LogP contribution >= 0.6 is 0 Å². The zero-order chi connectivity index (χ0) is 10.3. The van der Waals surface area contributed by atoms with Gasteiger partial charge in [0, 0.05) is 59.0 Å². The number of hydrogen-bond donors (Lipinski definition) is 1. The average Bonchev–Trinajstić information content (AvgIpc) is 2.56. The van der Waals surface area contributed by atoms with Crippen LogP contribution in [-0.2, 0) is 4.74 Å². The molecular weight excluding hydrogens is 190 g/mol. The van der Waals surface area contributed by atoms with Gasteiger partial charge < -0.3 is 10.1 Å². The van der Waals surface area contributed by atoms with E-state index in [4.69, 9.17) is 4.74 Å². The minimum absolute atomic E-state index is 0.918. The van der Waals surface area contributed by atoms with Gasteiger partial charge in [-0.15, -0.1) is 0 Å². The van der Waals surface area contributed by atoms with Crippen molar-refractivity contribution in [2.24, 2.45) is 0 Å². The minimum Gasteiger partial charge on any atom is -0.380 e. The number of rotatable bonds is 3. The maximum absolute atomic E-state index is 5.45. The quantitative estimate of drug-likeness (QED) is 0.691. The Kier molecular flexibility index (Phi) is 4.86. The van der Waals surface area contributed by atoms with Crippen molar-refractivity contribution >= 4 is 0 Å². The Hall–Kier alpha value is -0.160. The van der Waals surface area contributed by atoms with Crippen molar-refractivity contribution in [1.29, 1.82) is 0 Å². The topological polar surface area (TPSA) is 27.7 Å². The van der Waals surface area contributed by atoms with Crippen LogP contribution in [0.2, 0.25) is 0 Å². The van der Waals surface area contributed by atoms with Gasteiger partial charge in [-0.1, -0.05) is 0 Å². The number of nitrogens with zero attached hydrogens (tertiary/aromatic N) is 2. The van der Waals surface area contributed by atoms with E-state index in [1.54, 1.807) is 0 Å².